The fourth-order valence-electron chi connectivity index (χ4n) is 10.2. The lowest BCUT2D eigenvalue weighted by atomic mass is 9.99. The molecule has 68 heavy (non-hydrogen) atoms. The second-order valence-corrected chi connectivity index (χ2v) is 21.5. The molecule has 0 radical (unpaired) electrons. The third kappa shape index (κ3) is 38.8. The van der Waals surface area contributed by atoms with Crippen LogP contribution in [0.25, 0.3) is 0 Å². The van der Waals surface area contributed by atoms with Crippen LogP contribution in [0.4, 0.5) is 0 Å². The molecule has 0 aromatic carbocycles. The molecule has 7 atom stereocenters. The van der Waals surface area contributed by atoms with Gasteiger partial charge < -0.3 is 40.3 Å². The van der Waals surface area contributed by atoms with E-state index < -0.39 is 49.5 Å². The molecule has 0 aromatic heterocycles. The van der Waals surface area contributed by atoms with Gasteiger partial charge in [-0.3, -0.25) is 4.79 Å². The Balaban J connectivity index is 2.10. The lowest BCUT2D eigenvalue weighted by molar-refractivity contribution is -0.302. The van der Waals surface area contributed by atoms with E-state index in [1.54, 1.807) is 0 Å². The third-order valence-electron chi connectivity index (χ3n) is 15.0. The monoisotopic (exact) mass is 968 g/mol. The van der Waals surface area contributed by atoms with Crippen molar-refractivity contribution < 1.29 is 39.8 Å². The van der Waals surface area contributed by atoms with Gasteiger partial charge in [-0.2, -0.15) is 0 Å². The van der Waals surface area contributed by atoms with Crippen molar-refractivity contribution in [3.63, 3.8) is 0 Å². The van der Waals surface area contributed by atoms with Gasteiger partial charge in [-0.05, 0) is 12.8 Å². The first-order valence-corrected chi connectivity index (χ1v) is 30.2. The molecular formula is C59H117NO8. The number of ether oxygens (including phenoxy) is 2. The molecule has 2 unspecified atom stereocenters. The zero-order valence-corrected chi connectivity index (χ0v) is 45.2. The third-order valence-corrected chi connectivity index (χ3v) is 15.0. The summed E-state index contributed by atoms with van der Waals surface area (Å²) in [6, 6.07) is -0.713. The minimum atomic E-state index is -1.55. The summed E-state index contributed by atoms with van der Waals surface area (Å²) in [4.78, 5) is 13.1. The number of aliphatic hydroxyl groups is 5. The first kappa shape index (κ1) is 65.2. The number of hydrogen-bond donors (Lipinski definition) is 6. The van der Waals surface area contributed by atoms with Crippen molar-refractivity contribution >= 4 is 5.91 Å². The Morgan fingerprint density at radius 1 is 0.441 bits per heavy atom. The number of carbonyl (C=O) groups is 1. The highest BCUT2D eigenvalue weighted by molar-refractivity contribution is 5.76. The van der Waals surface area contributed by atoms with Crippen LogP contribution in [0.5, 0.6) is 0 Å². The van der Waals surface area contributed by atoms with Gasteiger partial charge in [-0.25, -0.2) is 0 Å². The summed E-state index contributed by atoms with van der Waals surface area (Å²) in [5.74, 6) is -0.136. The quantitative estimate of drug-likeness (QED) is 0.0330. The molecule has 1 aliphatic rings. The number of nitrogens with one attached hydrogen (secondary N) is 1. The normalized spacial score (nSPS) is 19.4. The fraction of sp³-hybridized carbons (Fsp3) is 0.983. The molecule has 1 amide bonds. The minimum absolute atomic E-state index is 0.131. The van der Waals surface area contributed by atoms with Crippen LogP contribution in [-0.2, 0) is 14.3 Å². The van der Waals surface area contributed by atoms with Crippen LogP contribution in [0.1, 0.15) is 316 Å². The Bertz CT molecular complexity index is 1030. The lowest BCUT2D eigenvalue weighted by Crippen LogP contribution is -2.60. The average Bonchev–Trinajstić information content (AvgIpc) is 3.34. The molecule has 1 fully saturated rings. The van der Waals surface area contributed by atoms with Crippen LogP contribution >= 0.6 is 0 Å². The lowest BCUT2D eigenvalue weighted by Gasteiger charge is -2.40. The molecule has 1 rings (SSSR count). The summed E-state index contributed by atoms with van der Waals surface area (Å²) in [5, 5.41) is 54.6. The van der Waals surface area contributed by atoms with E-state index in [1.165, 1.54) is 250 Å². The van der Waals surface area contributed by atoms with Gasteiger partial charge in [0.2, 0.25) is 5.91 Å². The molecule has 9 nitrogen and oxygen atoms in total. The predicted octanol–water partition coefficient (Wildman–Crippen LogP) is 15.0. The van der Waals surface area contributed by atoms with Gasteiger partial charge in [0.1, 0.15) is 24.4 Å². The minimum Gasteiger partial charge on any atom is -0.394 e. The summed E-state index contributed by atoms with van der Waals surface area (Å²) >= 11 is 0. The van der Waals surface area contributed by atoms with Crippen LogP contribution in [0.3, 0.4) is 0 Å². The molecule has 6 N–H and O–H groups in total. The van der Waals surface area contributed by atoms with E-state index >= 15 is 0 Å². The number of aliphatic hydroxyl groups excluding tert-OH is 5. The number of carbonyl (C=O) groups excluding carboxylic acids is 1. The number of unbranched alkanes of at least 4 members (excludes halogenated alkanes) is 43. The maximum absolute atomic E-state index is 13.1. The van der Waals surface area contributed by atoms with Crippen molar-refractivity contribution in [2.45, 2.75) is 358 Å². The van der Waals surface area contributed by atoms with Gasteiger partial charge in [0.05, 0.1) is 25.4 Å². The van der Waals surface area contributed by atoms with Gasteiger partial charge in [-0.1, -0.05) is 296 Å². The summed E-state index contributed by atoms with van der Waals surface area (Å²) in [6.45, 7) is 3.88. The molecule has 1 aliphatic heterocycles. The fourth-order valence-corrected chi connectivity index (χ4v) is 10.2. The van der Waals surface area contributed by atoms with Crippen LogP contribution in [0, 0.1) is 0 Å². The Morgan fingerprint density at radius 3 is 1.04 bits per heavy atom. The number of rotatable bonds is 53. The highest BCUT2D eigenvalue weighted by Gasteiger charge is 2.44. The topological polar surface area (TPSA) is 149 Å². The van der Waals surface area contributed by atoms with Crippen LogP contribution < -0.4 is 5.32 Å². The number of hydrogen-bond acceptors (Lipinski definition) is 8. The van der Waals surface area contributed by atoms with Crippen LogP contribution in [0.2, 0.25) is 0 Å². The zero-order chi connectivity index (χ0) is 49.4. The summed E-state index contributed by atoms with van der Waals surface area (Å²) < 4.78 is 11.3. The smallest absolute Gasteiger partial charge is 0.220 e. The first-order valence-electron chi connectivity index (χ1n) is 30.2. The molecule has 0 spiro atoms. The molecule has 0 bridgehead atoms. The SMILES string of the molecule is CCCCCCCCCCCCCCCCCCCCCCCCCCCCCCCCC(=O)N[C@@H](CO[C@@H]1O[C@H](CO)[C@@H](O)C(O)C1O)[C@H](O)CCCCCCCCCCCCCCCCC. The summed E-state index contributed by atoms with van der Waals surface area (Å²) in [5.41, 5.74) is 0. The van der Waals surface area contributed by atoms with Gasteiger partial charge in [-0.15, -0.1) is 0 Å². The second kappa shape index (κ2) is 49.8. The molecular weight excluding hydrogens is 851 g/mol. The van der Waals surface area contributed by atoms with Gasteiger partial charge in [0.25, 0.3) is 0 Å². The molecule has 1 heterocycles. The predicted molar refractivity (Wildman–Crippen MR) is 286 cm³/mol. The highest BCUT2D eigenvalue weighted by Crippen LogP contribution is 2.24. The van der Waals surface area contributed by atoms with E-state index in [9.17, 15) is 30.3 Å². The number of amides is 1. The Labute approximate surface area is 421 Å². The van der Waals surface area contributed by atoms with Crippen molar-refractivity contribution in [1.82, 2.24) is 5.32 Å². The van der Waals surface area contributed by atoms with E-state index in [0.29, 0.717) is 12.8 Å². The zero-order valence-electron chi connectivity index (χ0n) is 45.2. The average molecular weight is 969 g/mol. The molecule has 0 aliphatic carbocycles. The Hall–Kier alpha value is -0.810. The maximum atomic E-state index is 13.1. The van der Waals surface area contributed by atoms with E-state index in [2.05, 4.69) is 19.2 Å². The van der Waals surface area contributed by atoms with Gasteiger partial charge >= 0.3 is 0 Å². The van der Waals surface area contributed by atoms with E-state index in [4.69, 9.17) is 9.47 Å². The second-order valence-electron chi connectivity index (χ2n) is 21.5. The highest BCUT2D eigenvalue weighted by atomic mass is 16.7. The van der Waals surface area contributed by atoms with Crippen LogP contribution in [0.15, 0.2) is 0 Å². The molecule has 9 heteroatoms. The largest absolute Gasteiger partial charge is 0.394 e. The van der Waals surface area contributed by atoms with Crippen molar-refractivity contribution in [3.8, 4) is 0 Å². The molecule has 406 valence electrons. The molecule has 0 aromatic rings. The van der Waals surface area contributed by atoms with E-state index in [-0.39, 0.29) is 12.5 Å². The Morgan fingerprint density at radius 2 is 0.735 bits per heavy atom. The summed E-state index contributed by atoms with van der Waals surface area (Å²) in [7, 11) is 0. The van der Waals surface area contributed by atoms with Crippen molar-refractivity contribution in [2.75, 3.05) is 13.2 Å². The van der Waals surface area contributed by atoms with Gasteiger partial charge in [0, 0.05) is 6.42 Å². The van der Waals surface area contributed by atoms with E-state index in [1.807, 2.05) is 0 Å². The molecule has 1 saturated heterocycles. The van der Waals surface area contributed by atoms with Crippen molar-refractivity contribution in [1.29, 1.82) is 0 Å². The van der Waals surface area contributed by atoms with Gasteiger partial charge in [0.15, 0.2) is 6.29 Å². The first-order chi connectivity index (χ1) is 33.3. The standard InChI is InChI=1S/C59H117NO8/c1-3-5-7-9-11-13-15-17-19-20-21-22-23-24-25-26-27-28-29-30-31-32-33-35-37-39-41-43-45-47-49-55(63)60-52(51-67-59-58(66)57(65)56(64)54(50-61)68-59)53(62)48-46-44-42-40-38-36-34-18-16-14-12-10-8-6-4-2/h52-54,56-59,61-62,64-66H,3-51H2,1-2H3,(H,60,63)/t52-,53+,54+,56+,57?,58?,59+/m0/s1. The van der Waals surface area contributed by atoms with Crippen molar-refractivity contribution in [3.05, 3.63) is 0 Å². The maximum Gasteiger partial charge on any atom is 0.220 e. The van der Waals surface area contributed by atoms with Crippen LogP contribution in [-0.4, -0.2) is 87.5 Å². The summed E-state index contributed by atoms with van der Waals surface area (Å²) in [6.07, 6.45) is 52.9. The van der Waals surface area contributed by atoms with Crippen molar-refractivity contribution in [2.24, 2.45) is 0 Å². The Kier molecular flexibility index (Phi) is 47.7. The molecule has 0 saturated carbocycles. The van der Waals surface area contributed by atoms with E-state index in [0.717, 1.165) is 38.5 Å².